The first kappa shape index (κ1) is 10.2. The van der Waals surface area contributed by atoms with Gasteiger partial charge in [-0.05, 0) is 44.9 Å². The molecular formula is C8H9BrINO. The quantitative estimate of drug-likeness (QED) is 0.622. The van der Waals surface area contributed by atoms with E-state index in [0.29, 0.717) is 0 Å². The molecule has 1 aromatic rings. The number of nitrogens with zero attached hydrogens (tertiary/aromatic N) is 1. The summed E-state index contributed by atoms with van der Waals surface area (Å²) in [6.45, 7) is 2.83. The van der Waals surface area contributed by atoms with E-state index < -0.39 is 0 Å². The minimum atomic E-state index is 0.749. The van der Waals surface area contributed by atoms with Crippen molar-refractivity contribution in [2.75, 3.05) is 6.61 Å². The molecule has 1 aromatic heterocycles. The Morgan fingerprint density at radius 3 is 3.08 bits per heavy atom. The van der Waals surface area contributed by atoms with Crippen molar-refractivity contribution in [1.82, 2.24) is 4.98 Å². The van der Waals surface area contributed by atoms with E-state index in [0.717, 1.165) is 27.0 Å². The number of hydrogen-bond donors (Lipinski definition) is 0. The summed E-state index contributed by atoms with van der Waals surface area (Å²) in [6.07, 6.45) is 2.78. The first-order valence-electron chi connectivity index (χ1n) is 3.68. The average molecular weight is 342 g/mol. The van der Waals surface area contributed by atoms with Crippen LogP contribution in [0.5, 0.6) is 5.75 Å². The van der Waals surface area contributed by atoms with Crippen molar-refractivity contribution in [1.29, 1.82) is 0 Å². The molecular weight excluding hydrogens is 333 g/mol. The lowest BCUT2D eigenvalue weighted by atomic mass is 10.4. The van der Waals surface area contributed by atoms with Gasteiger partial charge in [0, 0.05) is 12.3 Å². The van der Waals surface area contributed by atoms with E-state index in [1.807, 2.05) is 6.07 Å². The van der Waals surface area contributed by atoms with Crippen LogP contribution in [0.3, 0.4) is 0 Å². The van der Waals surface area contributed by atoms with Gasteiger partial charge < -0.3 is 4.74 Å². The Labute approximate surface area is 94.0 Å². The Bertz CT molecular complexity index is 267. The molecule has 0 radical (unpaired) electrons. The average Bonchev–Trinajstić information content (AvgIpc) is 2.07. The number of halogens is 2. The molecule has 0 fully saturated rings. The van der Waals surface area contributed by atoms with Crippen molar-refractivity contribution in [2.24, 2.45) is 0 Å². The van der Waals surface area contributed by atoms with E-state index in [4.69, 9.17) is 4.74 Å². The van der Waals surface area contributed by atoms with Crippen LogP contribution < -0.4 is 4.74 Å². The van der Waals surface area contributed by atoms with E-state index in [-0.39, 0.29) is 0 Å². The predicted octanol–water partition coefficient (Wildman–Crippen LogP) is 3.24. The second kappa shape index (κ2) is 5.01. The molecule has 0 aliphatic carbocycles. The topological polar surface area (TPSA) is 22.1 Å². The molecule has 0 saturated heterocycles. The number of aromatic nitrogens is 1. The summed E-state index contributed by atoms with van der Waals surface area (Å²) in [5, 5.41) is 0. The maximum atomic E-state index is 5.48. The van der Waals surface area contributed by atoms with Crippen LogP contribution in [0.4, 0.5) is 0 Å². The maximum absolute atomic E-state index is 5.48. The smallest absolute Gasteiger partial charge is 0.137 e. The molecule has 0 N–H and O–H groups in total. The second-order valence-electron chi connectivity index (χ2n) is 2.29. The molecule has 0 saturated carbocycles. The highest BCUT2D eigenvalue weighted by molar-refractivity contribution is 14.1. The molecule has 0 unspecified atom stereocenters. The third-order valence-corrected chi connectivity index (χ3v) is 2.43. The van der Waals surface area contributed by atoms with Crippen LogP contribution in [-0.2, 0) is 0 Å². The standard InChI is InChI=1S/C8H9BrINO/c1-2-3-12-7-4-8(10)11-5-6(7)9/h4-5H,2-3H2,1H3. The highest BCUT2D eigenvalue weighted by Gasteiger charge is 2.01. The summed E-state index contributed by atoms with van der Waals surface area (Å²) in [5.41, 5.74) is 0. The summed E-state index contributed by atoms with van der Waals surface area (Å²) in [6, 6.07) is 1.92. The summed E-state index contributed by atoms with van der Waals surface area (Å²) < 4.78 is 7.33. The van der Waals surface area contributed by atoms with Crippen LogP contribution in [0.2, 0.25) is 0 Å². The number of rotatable bonds is 3. The summed E-state index contributed by atoms with van der Waals surface area (Å²) in [7, 11) is 0. The molecule has 1 heterocycles. The zero-order chi connectivity index (χ0) is 8.97. The van der Waals surface area contributed by atoms with Crippen molar-refractivity contribution >= 4 is 38.5 Å². The van der Waals surface area contributed by atoms with Crippen LogP contribution in [0.1, 0.15) is 13.3 Å². The van der Waals surface area contributed by atoms with E-state index in [1.54, 1.807) is 6.20 Å². The molecule has 66 valence electrons. The van der Waals surface area contributed by atoms with Gasteiger partial charge in [-0.2, -0.15) is 0 Å². The number of pyridine rings is 1. The molecule has 0 aromatic carbocycles. The first-order valence-corrected chi connectivity index (χ1v) is 5.55. The van der Waals surface area contributed by atoms with E-state index in [9.17, 15) is 0 Å². The molecule has 2 nitrogen and oxygen atoms in total. The highest BCUT2D eigenvalue weighted by Crippen LogP contribution is 2.24. The van der Waals surface area contributed by atoms with Gasteiger partial charge in [-0.1, -0.05) is 6.92 Å². The van der Waals surface area contributed by atoms with Gasteiger partial charge in [0.05, 0.1) is 11.1 Å². The molecule has 0 spiro atoms. The van der Waals surface area contributed by atoms with Gasteiger partial charge in [0.15, 0.2) is 0 Å². The van der Waals surface area contributed by atoms with Gasteiger partial charge >= 0.3 is 0 Å². The summed E-state index contributed by atoms with van der Waals surface area (Å²) in [4.78, 5) is 4.11. The Morgan fingerprint density at radius 1 is 1.67 bits per heavy atom. The third-order valence-electron chi connectivity index (χ3n) is 1.25. The van der Waals surface area contributed by atoms with Crippen LogP contribution in [0.15, 0.2) is 16.7 Å². The van der Waals surface area contributed by atoms with Crippen LogP contribution in [0.25, 0.3) is 0 Å². The lowest BCUT2D eigenvalue weighted by Crippen LogP contribution is -1.96. The Kier molecular flexibility index (Phi) is 4.28. The fraction of sp³-hybridized carbons (Fsp3) is 0.375. The zero-order valence-electron chi connectivity index (χ0n) is 6.68. The molecule has 0 amide bonds. The van der Waals surface area contributed by atoms with Crippen molar-refractivity contribution < 1.29 is 4.74 Å². The number of ether oxygens (including phenoxy) is 1. The highest BCUT2D eigenvalue weighted by atomic mass is 127. The lowest BCUT2D eigenvalue weighted by Gasteiger charge is -2.05. The SMILES string of the molecule is CCCOc1cc(I)ncc1Br. The minimum absolute atomic E-state index is 0.749. The molecule has 0 atom stereocenters. The van der Waals surface area contributed by atoms with Crippen molar-refractivity contribution in [3.63, 3.8) is 0 Å². The molecule has 12 heavy (non-hydrogen) atoms. The third kappa shape index (κ3) is 2.90. The van der Waals surface area contributed by atoms with Crippen molar-refractivity contribution in [3.05, 3.63) is 20.4 Å². The fourth-order valence-corrected chi connectivity index (χ4v) is 1.47. The van der Waals surface area contributed by atoms with Crippen molar-refractivity contribution in [2.45, 2.75) is 13.3 Å². The van der Waals surface area contributed by atoms with Crippen molar-refractivity contribution in [3.8, 4) is 5.75 Å². The zero-order valence-corrected chi connectivity index (χ0v) is 10.4. The molecule has 0 aliphatic heterocycles. The van der Waals surface area contributed by atoms with Crippen LogP contribution in [0, 0.1) is 3.70 Å². The van der Waals surface area contributed by atoms with Gasteiger partial charge in [0.2, 0.25) is 0 Å². The van der Waals surface area contributed by atoms with Gasteiger partial charge in [-0.15, -0.1) is 0 Å². The summed E-state index contributed by atoms with van der Waals surface area (Å²) >= 11 is 5.53. The Hall–Kier alpha value is 0.160. The molecule has 0 bridgehead atoms. The molecule has 0 aliphatic rings. The monoisotopic (exact) mass is 341 g/mol. The first-order chi connectivity index (χ1) is 5.74. The lowest BCUT2D eigenvalue weighted by molar-refractivity contribution is 0.315. The fourth-order valence-electron chi connectivity index (χ4n) is 0.719. The van der Waals surface area contributed by atoms with Gasteiger partial charge in [0.1, 0.15) is 9.45 Å². The van der Waals surface area contributed by atoms with Gasteiger partial charge in [-0.25, -0.2) is 4.98 Å². The molecule has 1 rings (SSSR count). The van der Waals surface area contributed by atoms with Crippen LogP contribution in [-0.4, -0.2) is 11.6 Å². The molecule has 4 heteroatoms. The van der Waals surface area contributed by atoms with Crippen LogP contribution >= 0.6 is 38.5 Å². The maximum Gasteiger partial charge on any atom is 0.137 e. The second-order valence-corrected chi connectivity index (χ2v) is 4.25. The Balaban J connectivity index is 2.75. The summed E-state index contributed by atoms with van der Waals surface area (Å²) in [5.74, 6) is 0.872. The normalized spacial score (nSPS) is 9.92. The van der Waals surface area contributed by atoms with E-state index in [1.165, 1.54) is 0 Å². The van der Waals surface area contributed by atoms with E-state index >= 15 is 0 Å². The number of hydrogen-bond acceptors (Lipinski definition) is 2. The Morgan fingerprint density at radius 2 is 2.42 bits per heavy atom. The van der Waals surface area contributed by atoms with Gasteiger partial charge in [0.25, 0.3) is 0 Å². The predicted molar refractivity (Wildman–Crippen MR) is 60.4 cm³/mol. The minimum Gasteiger partial charge on any atom is -0.492 e. The van der Waals surface area contributed by atoms with E-state index in [2.05, 4.69) is 50.4 Å². The van der Waals surface area contributed by atoms with Gasteiger partial charge in [-0.3, -0.25) is 0 Å². The largest absolute Gasteiger partial charge is 0.492 e.